The fourth-order valence-electron chi connectivity index (χ4n) is 2.34. The van der Waals surface area contributed by atoms with E-state index in [-0.39, 0.29) is 11.9 Å². The first-order valence-electron chi connectivity index (χ1n) is 7.61. The van der Waals surface area contributed by atoms with Crippen LogP contribution in [0.2, 0.25) is 0 Å². The normalized spacial score (nSPS) is 11.9. The predicted molar refractivity (Wildman–Crippen MR) is 87.1 cm³/mol. The maximum atomic E-state index is 12.0. The molecule has 2 rings (SSSR count). The number of nitrogens with one attached hydrogen (secondary N) is 1. The van der Waals surface area contributed by atoms with Crippen LogP contribution in [0.15, 0.2) is 54.6 Å². The van der Waals surface area contributed by atoms with Crippen LogP contribution in [0.5, 0.6) is 0 Å². The van der Waals surface area contributed by atoms with Crippen molar-refractivity contribution in [3.63, 3.8) is 0 Å². The number of carbonyl (C=O) groups excluding carboxylic acids is 1. The molecule has 1 N–H and O–H groups in total. The molecule has 0 aromatic heterocycles. The third kappa shape index (κ3) is 4.75. The van der Waals surface area contributed by atoms with Gasteiger partial charge in [-0.15, -0.1) is 0 Å². The second kappa shape index (κ2) is 7.63. The van der Waals surface area contributed by atoms with Crippen LogP contribution in [0.1, 0.15) is 43.0 Å². The molecule has 2 aromatic carbocycles. The van der Waals surface area contributed by atoms with Crippen molar-refractivity contribution in [3.8, 4) is 0 Å². The summed E-state index contributed by atoms with van der Waals surface area (Å²) in [7, 11) is 0. The van der Waals surface area contributed by atoms with E-state index >= 15 is 0 Å². The Balaban J connectivity index is 1.81. The number of aryl methyl sites for hydroxylation is 2. The van der Waals surface area contributed by atoms with Gasteiger partial charge in [0.1, 0.15) is 0 Å². The highest BCUT2D eigenvalue weighted by Gasteiger charge is 2.09. The van der Waals surface area contributed by atoms with E-state index in [1.165, 1.54) is 11.1 Å². The molecule has 0 fully saturated rings. The SMILES string of the molecule is CCc1ccc(CCC(=O)N[C@H](C)c2ccccc2)cc1. The molecule has 0 saturated carbocycles. The Bertz CT molecular complexity index is 560. The Morgan fingerprint density at radius 2 is 1.62 bits per heavy atom. The number of hydrogen-bond acceptors (Lipinski definition) is 1. The van der Waals surface area contributed by atoms with Gasteiger partial charge in [-0.3, -0.25) is 4.79 Å². The van der Waals surface area contributed by atoms with Crippen molar-refractivity contribution in [2.45, 2.75) is 39.2 Å². The van der Waals surface area contributed by atoms with E-state index in [1.54, 1.807) is 0 Å². The number of rotatable bonds is 6. The molecule has 2 heteroatoms. The molecule has 0 aliphatic rings. The molecule has 21 heavy (non-hydrogen) atoms. The highest BCUT2D eigenvalue weighted by atomic mass is 16.1. The fraction of sp³-hybridized carbons (Fsp3) is 0.316. The fourth-order valence-corrected chi connectivity index (χ4v) is 2.34. The zero-order valence-electron chi connectivity index (χ0n) is 12.8. The number of benzene rings is 2. The van der Waals surface area contributed by atoms with Crippen molar-refractivity contribution in [2.24, 2.45) is 0 Å². The molecule has 0 aliphatic heterocycles. The van der Waals surface area contributed by atoms with Crippen molar-refractivity contribution in [1.82, 2.24) is 5.32 Å². The monoisotopic (exact) mass is 281 g/mol. The molecule has 0 bridgehead atoms. The van der Waals surface area contributed by atoms with Gasteiger partial charge in [-0.25, -0.2) is 0 Å². The molecule has 0 aliphatic carbocycles. The molecular weight excluding hydrogens is 258 g/mol. The van der Waals surface area contributed by atoms with E-state index in [0.717, 1.165) is 18.4 Å². The minimum atomic E-state index is 0.0566. The Kier molecular flexibility index (Phi) is 5.56. The van der Waals surface area contributed by atoms with Crippen molar-refractivity contribution in [2.75, 3.05) is 0 Å². The van der Waals surface area contributed by atoms with Crippen LogP contribution in [0.3, 0.4) is 0 Å². The first-order chi connectivity index (χ1) is 10.2. The van der Waals surface area contributed by atoms with Crippen molar-refractivity contribution in [1.29, 1.82) is 0 Å². The Morgan fingerprint density at radius 1 is 1.00 bits per heavy atom. The third-order valence-electron chi connectivity index (χ3n) is 3.75. The van der Waals surface area contributed by atoms with Crippen LogP contribution in [-0.2, 0) is 17.6 Å². The lowest BCUT2D eigenvalue weighted by Crippen LogP contribution is -2.26. The van der Waals surface area contributed by atoms with Crippen LogP contribution in [0.25, 0.3) is 0 Å². The summed E-state index contributed by atoms with van der Waals surface area (Å²) in [6.45, 7) is 4.16. The van der Waals surface area contributed by atoms with E-state index in [9.17, 15) is 4.79 Å². The van der Waals surface area contributed by atoms with Crippen molar-refractivity contribution in [3.05, 3.63) is 71.3 Å². The summed E-state index contributed by atoms with van der Waals surface area (Å²) in [6.07, 6.45) is 2.37. The molecule has 1 atom stereocenters. The summed E-state index contributed by atoms with van der Waals surface area (Å²) >= 11 is 0. The molecule has 110 valence electrons. The zero-order valence-corrected chi connectivity index (χ0v) is 12.8. The summed E-state index contributed by atoms with van der Waals surface area (Å²) in [6, 6.07) is 18.6. The zero-order chi connectivity index (χ0) is 15.1. The van der Waals surface area contributed by atoms with Gasteiger partial charge in [0, 0.05) is 6.42 Å². The second-order valence-electron chi connectivity index (χ2n) is 5.37. The topological polar surface area (TPSA) is 29.1 Å². The largest absolute Gasteiger partial charge is 0.350 e. The molecule has 0 spiro atoms. The summed E-state index contributed by atoms with van der Waals surface area (Å²) in [4.78, 5) is 12.0. The smallest absolute Gasteiger partial charge is 0.220 e. The highest BCUT2D eigenvalue weighted by Crippen LogP contribution is 2.12. The van der Waals surface area contributed by atoms with Gasteiger partial charge in [0.2, 0.25) is 5.91 Å². The van der Waals surface area contributed by atoms with Crippen LogP contribution in [0, 0.1) is 0 Å². The summed E-state index contributed by atoms with van der Waals surface area (Å²) < 4.78 is 0. The number of amides is 1. The van der Waals surface area contributed by atoms with Crippen LogP contribution >= 0.6 is 0 Å². The standard InChI is InChI=1S/C19H23NO/c1-3-16-9-11-17(12-10-16)13-14-19(21)20-15(2)18-7-5-4-6-8-18/h4-12,15H,3,13-14H2,1-2H3,(H,20,21)/t15-/m1/s1. The van der Waals surface area contributed by atoms with Crippen molar-refractivity contribution >= 4 is 5.91 Å². The van der Waals surface area contributed by atoms with Crippen LogP contribution < -0.4 is 5.32 Å². The lowest BCUT2D eigenvalue weighted by Gasteiger charge is -2.14. The Hall–Kier alpha value is -2.09. The van der Waals surface area contributed by atoms with Gasteiger partial charge in [0.15, 0.2) is 0 Å². The summed E-state index contributed by atoms with van der Waals surface area (Å²) in [5.41, 5.74) is 3.69. The van der Waals surface area contributed by atoms with Gasteiger partial charge in [-0.05, 0) is 36.5 Å². The molecule has 1 amide bonds. The summed E-state index contributed by atoms with van der Waals surface area (Å²) in [5, 5.41) is 3.05. The summed E-state index contributed by atoms with van der Waals surface area (Å²) in [5.74, 6) is 0.103. The Morgan fingerprint density at radius 3 is 2.24 bits per heavy atom. The van der Waals surface area contributed by atoms with E-state index in [4.69, 9.17) is 0 Å². The van der Waals surface area contributed by atoms with Gasteiger partial charge < -0.3 is 5.32 Å². The van der Waals surface area contributed by atoms with Gasteiger partial charge >= 0.3 is 0 Å². The van der Waals surface area contributed by atoms with Crippen molar-refractivity contribution < 1.29 is 4.79 Å². The van der Waals surface area contributed by atoms with Crippen LogP contribution in [-0.4, -0.2) is 5.91 Å². The van der Waals surface area contributed by atoms with Gasteiger partial charge in [-0.2, -0.15) is 0 Å². The number of carbonyl (C=O) groups is 1. The van der Waals surface area contributed by atoms with Gasteiger partial charge in [0.25, 0.3) is 0 Å². The molecule has 0 heterocycles. The Labute approximate surface area is 127 Å². The number of hydrogen-bond donors (Lipinski definition) is 1. The average Bonchev–Trinajstić information content (AvgIpc) is 2.54. The minimum absolute atomic E-state index is 0.0566. The lowest BCUT2D eigenvalue weighted by molar-refractivity contribution is -0.121. The van der Waals surface area contributed by atoms with E-state index in [0.29, 0.717) is 6.42 Å². The van der Waals surface area contributed by atoms with Crippen LogP contribution in [0.4, 0.5) is 0 Å². The van der Waals surface area contributed by atoms with E-state index in [1.807, 2.05) is 37.3 Å². The molecule has 0 radical (unpaired) electrons. The third-order valence-corrected chi connectivity index (χ3v) is 3.75. The minimum Gasteiger partial charge on any atom is -0.350 e. The average molecular weight is 281 g/mol. The molecular formula is C19H23NO. The second-order valence-corrected chi connectivity index (χ2v) is 5.37. The maximum Gasteiger partial charge on any atom is 0.220 e. The first-order valence-corrected chi connectivity index (χ1v) is 7.61. The first kappa shape index (κ1) is 15.3. The molecule has 0 unspecified atom stereocenters. The van der Waals surface area contributed by atoms with Gasteiger partial charge in [0.05, 0.1) is 6.04 Å². The quantitative estimate of drug-likeness (QED) is 0.850. The molecule has 0 saturated heterocycles. The molecule has 2 aromatic rings. The van der Waals surface area contributed by atoms with E-state index < -0.39 is 0 Å². The highest BCUT2D eigenvalue weighted by molar-refractivity contribution is 5.76. The van der Waals surface area contributed by atoms with Gasteiger partial charge in [-0.1, -0.05) is 61.5 Å². The molecule has 2 nitrogen and oxygen atoms in total. The van der Waals surface area contributed by atoms with E-state index in [2.05, 4.69) is 36.5 Å². The lowest BCUT2D eigenvalue weighted by atomic mass is 10.1. The predicted octanol–water partition coefficient (Wildman–Crippen LogP) is 4.06. The maximum absolute atomic E-state index is 12.0.